The van der Waals surface area contributed by atoms with E-state index in [1.165, 1.54) is 40.9 Å². The smallest absolute Gasteiger partial charge is 0.416 e. The number of carboxylic acid groups (broad SMARTS) is 1. The SMILES string of the molecule is CN(C(=O)c1ccc2nc(N)c3c(C(=O)O)ncn3c2c1)[C@@H]1COc2cc(C(F)(F)F)ccc21. The van der Waals surface area contributed by atoms with Gasteiger partial charge in [0.25, 0.3) is 5.91 Å². The average molecular weight is 471 g/mol. The Bertz CT molecular complexity index is 1500. The molecule has 1 aliphatic heterocycles. The molecular formula is C22H16F3N5O4. The topological polar surface area (TPSA) is 123 Å². The zero-order valence-electron chi connectivity index (χ0n) is 17.5. The van der Waals surface area contributed by atoms with Crippen molar-refractivity contribution in [3.63, 3.8) is 0 Å². The highest BCUT2D eigenvalue weighted by Gasteiger charge is 2.36. The van der Waals surface area contributed by atoms with Gasteiger partial charge in [0.2, 0.25) is 0 Å². The third kappa shape index (κ3) is 3.26. The van der Waals surface area contributed by atoms with Crippen LogP contribution in [0.1, 0.15) is 38.0 Å². The first kappa shape index (κ1) is 21.5. The largest absolute Gasteiger partial charge is 0.491 e. The van der Waals surface area contributed by atoms with E-state index in [0.717, 1.165) is 12.1 Å². The molecule has 12 heteroatoms. The number of likely N-dealkylation sites (N-methyl/N-ethyl adjacent to an activating group) is 1. The molecule has 1 amide bonds. The van der Waals surface area contributed by atoms with Crippen molar-refractivity contribution in [1.29, 1.82) is 0 Å². The van der Waals surface area contributed by atoms with Crippen LogP contribution in [0.2, 0.25) is 0 Å². The number of amides is 1. The lowest BCUT2D eigenvalue weighted by Gasteiger charge is -2.24. The lowest BCUT2D eigenvalue weighted by Crippen LogP contribution is -2.32. The minimum Gasteiger partial charge on any atom is -0.491 e. The number of carbonyl (C=O) groups is 2. The van der Waals surface area contributed by atoms with Crippen LogP contribution < -0.4 is 10.5 Å². The van der Waals surface area contributed by atoms with Gasteiger partial charge in [0.05, 0.1) is 22.6 Å². The number of carbonyl (C=O) groups excluding carboxylic acids is 1. The van der Waals surface area contributed by atoms with Crippen molar-refractivity contribution in [2.75, 3.05) is 19.4 Å². The van der Waals surface area contributed by atoms with Crippen LogP contribution in [0.5, 0.6) is 5.75 Å². The summed E-state index contributed by atoms with van der Waals surface area (Å²) in [5, 5.41) is 9.35. The van der Waals surface area contributed by atoms with Crippen molar-refractivity contribution in [2.45, 2.75) is 12.2 Å². The molecule has 0 aliphatic carbocycles. The number of fused-ring (bicyclic) bond motifs is 4. The van der Waals surface area contributed by atoms with Crippen LogP contribution in [0.3, 0.4) is 0 Å². The number of hydrogen-bond donors (Lipinski definition) is 2. The summed E-state index contributed by atoms with van der Waals surface area (Å²) >= 11 is 0. The molecule has 0 saturated heterocycles. The van der Waals surface area contributed by atoms with Crippen molar-refractivity contribution in [3.05, 3.63) is 65.1 Å². The summed E-state index contributed by atoms with van der Waals surface area (Å²) in [5.41, 5.74) is 6.51. The van der Waals surface area contributed by atoms with Gasteiger partial charge in [-0.3, -0.25) is 9.20 Å². The van der Waals surface area contributed by atoms with Crippen molar-refractivity contribution in [1.82, 2.24) is 19.3 Å². The highest BCUT2D eigenvalue weighted by atomic mass is 19.4. The van der Waals surface area contributed by atoms with Crippen molar-refractivity contribution in [3.8, 4) is 5.75 Å². The Balaban J connectivity index is 1.51. The Kier molecular flexibility index (Phi) is 4.64. The van der Waals surface area contributed by atoms with Gasteiger partial charge in [0, 0.05) is 18.2 Å². The quantitative estimate of drug-likeness (QED) is 0.470. The number of nitrogens with zero attached hydrogens (tertiary/aromatic N) is 4. The summed E-state index contributed by atoms with van der Waals surface area (Å²) < 4.78 is 45.9. The molecule has 0 spiro atoms. The van der Waals surface area contributed by atoms with Crippen LogP contribution in [-0.2, 0) is 6.18 Å². The number of alkyl halides is 3. The Labute approximate surface area is 189 Å². The first-order valence-electron chi connectivity index (χ1n) is 9.97. The van der Waals surface area contributed by atoms with Crippen LogP contribution in [0, 0.1) is 0 Å². The van der Waals surface area contributed by atoms with E-state index < -0.39 is 29.7 Å². The fourth-order valence-corrected chi connectivity index (χ4v) is 4.09. The first-order valence-corrected chi connectivity index (χ1v) is 9.97. The van der Waals surface area contributed by atoms with Crippen LogP contribution >= 0.6 is 0 Å². The number of halogens is 3. The number of anilines is 1. The second kappa shape index (κ2) is 7.33. The first-order chi connectivity index (χ1) is 16.1. The van der Waals surface area contributed by atoms with Crippen LogP contribution in [-0.4, -0.2) is 49.9 Å². The van der Waals surface area contributed by atoms with E-state index in [2.05, 4.69) is 9.97 Å². The molecule has 1 aliphatic rings. The van der Waals surface area contributed by atoms with Crippen molar-refractivity contribution in [2.24, 2.45) is 0 Å². The number of imidazole rings is 1. The molecule has 3 heterocycles. The van der Waals surface area contributed by atoms with E-state index >= 15 is 0 Å². The molecule has 0 unspecified atom stereocenters. The second-order valence-electron chi connectivity index (χ2n) is 7.81. The van der Waals surface area contributed by atoms with Gasteiger partial charge in [-0.05, 0) is 30.3 Å². The molecule has 2 aromatic carbocycles. The maximum absolute atomic E-state index is 13.3. The second-order valence-corrected chi connectivity index (χ2v) is 7.81. The van der Waals surface area contributed by atoms with Crippen molar-refractivity contribution < 1.29 is 32.6 Å². The predicted octanol–water partition coefficient (Wildman–Crippen LogP) is 3.39. The average Bonchev–Trinajstić information content (AvgIpc) is 3.42. The lowest BCUT2D eigenvalue weighted by molar-refractivity contribution is -0.137. The number of aromatic carboxylic acids is 1. The van der Waals surface area contributed by atoms with Crippen LogP contribution in [0.4, 0.5) is 19.0 Å². The highest BCUT2D eigenvalue weighted by Crippen LogP contribution is 2.40. The van der Waals surface area contributed by atoms with Gasteiger partial charge in [-0.25, -0.2) is 14.8 Å². The van der Waals surface area contributed by atoms with Crippen molar-refractivity contribution >= 4 is 34.2 Å². The number of nitrogen functional groups attached to an aromatic ring is 1. The number of carboxylic acids is 1. The van der Waals surface area contributed by atoms with E-state index in [-0.39, 0.29) is 34.9 Å². The Morgan fingerprint density at radius 3 is 2.71 bits per heavy atom. The molecule has 4 aromatic rings. The normalized spacial score (nSPS) is 15.4. The van der Waals surface area contributed by atoms with Gasteiger partial charge in [-0.2, -0.15) is 13.2 Å². The Hall–Kier alpha value is -4.35. The molecule has 3 N–H and O–H groups in total. The zero-order valence-corrected chi connectivity index (χ0v) is 17.5. The molecule has 0 fully saturated rings. The van der Waals surface area contributed by atoms with Gasteiger partial charge in [0.1, 0.15) is 24.2 Å². The van der Waals surface area contributed by atoms with E-state index in [1.54, 1.807) is 6.07 Å². The van der Waals surface area contributed by atoms with Gasteiger partial charge in [-0.1, -0.05) is 6.07 Å². The summed E-state index contributed by atoms with van der Waals surface area (Å²) in [7, 11) is 1.53. The molecule has 34 heavy (non-hydrogen) atoms. The van der Waals surface area contributed by atoms with E-state index in [1.807, 2.05) is 0 Å². The summed E-state index contributed by atoms with van der Waals surface area (Å²) in [6.45, 7) is 0.0122. The van der Waals surface area contributed by atoms with E-state index in [0.29, 0.717) is 16.6 Å². The van der Waals surface area contributed by atoms with E-state index in [9.17, 15) is 27.9 Å². The third-order valence-corrected chi connectivity index (χ3v) is 5.82. The number of benzene rings is 2. The molecule has 9 nitrogen and oxygen atoms in total. The molecule has 174 valence electrons. The molecule has 5 rings (SSSR count). The summed E-state index contributed by atoms with van der Waals surface area (Å²) in [6, 6.07) is 7.26. The minimum absolute atomic E-state index is 0.0122. The van der Waals surface area contributed by atoms with Gasteiger partial charge in [0.15, 0.2) is 11.5 Å². The fourth-order valence-electron chi connectivity index (χ4n) is 4.09. The summed E-state index contributed by atoms with van der Waals surface area (Å²) in [6.07, 6.45) is -3.21. The molecule has 0 bridgehead atoms. The number of nitrogens with two attached hydrogens (primary N) is 1. The number of ether oxygens (including phenoxy) is 1. The molecular weight excluding hydrogens is 455 g/mol. The standard InChI is InChI=1S/C22H16F3N5O4/c1-29(15-8-34-16-7-11(22(23,24)25)3-4-12(15)16)20(31)10-2-5-13-14(6-10)30-9-27-17(21(32)33)18(30)19(26)28-13/h2-7,9,15H,8H2,1H3,(H2,26,28)(H,32,33)/t15-/m1/s1. The maximum atomic E-state index is 13.3. The van der Waals surface area contributed by atoms with Gasteiger partial charge >= 0.3 is 12.1 Å². The Morgan fingerprint density at radius 1 is 1.24 bits per heavy atom. The monoisotopic (exact) mass is 471 g/mol. The summed E-state index contributed by atoms with van der Waals surface area (Å²) in [4.78, 5) is 34.2. The molecule has 1 atom stereocenters. The Morgan fingerprint density at radius 2 is 2.00 bits per heavy atom. The number of rotatable bonds is 3. The predicted molar refractivity (Wildman–Crippen MR) is 114 cm³/mol. The zero-order chi connectivity index (χ0) is 24.4. The lowest BCUT2D eigenvalue weighted by atomic mass is 10.0. The summed E-state index contributed by atoms with van der Waals surface area (Å²) in [5.74, 6) is -1.61. The van der Waals surface area contributed by atoms with Gasteiger partial charge < -0.3 is 20.5 Å². The number of hydrogen-bond acceptors (Lipinski definition) is 6. The minimum atomic E-state index is -4.50. The highest BCUT2D eigenvalue weighted by molar-refractivity contribution is 6.01. The number of aromatic nitrogens is 3. The molecule has 0 radical (unpaired) electrons. The maximum Gasteiger partial charge on any atom is 0.416 e. The third-order valence-electron chi connectivity index (χ3n) is 5.82. The van der Waals surface area contributed by atoms with Crippen LogP contribution in [0.25, 0.3) is 16.6 Å². The fraction of sp³-hybridized carbons (Fsp3) is 0.182. The molecule has 0 saturated carbocycles. The van der Waals surface area contributed by atoms with E-state index in [4.69, 9.17) is 10.5 Å². The van der Waals surface area contributed by atoms with Gasteiger partial charge in [-0.15, -0.1) is 0 Å². The van der Waals surface area contributed by atoms with Crippen LogP contribution in [0.15, 0.2) is 42.7 Å². The molecule has 2 aromatic heterocycles.